The highest BCUT2D eigenvalue weighted by Crippen LogP contribution is 2.23. The lowest BCUT2D eigenvalue weighted by Crippen LogP contribution is -2.36. The van der Waals surface area contributed by atoms with Crippen molar-refractivity contribution in [2.75, 3.05) is 19.8 Å². The SMILES string of the molecule is CC(C)COCCC(O)(CN)c1ccccc1. The number of aliphatic hydroxyl groups is 1. The van der Waals surface area contributed by atoms with Crippen LogP contribution >= 0.6 is 0 Å². The summed E-state index contributed by atoms with van der Waals surface area (Å²) in [4.78, 5) is 0. The predicted octanol–water partition coefficient (Wildman–Crippen LogP) is 1.90. The van der Waals surface area contributed by atoms with Gasteiger partial charge in [-0.05, 0) is 11.5 Å². The van der Waals surface area contributed by atoms with Crippen molar-refractivity contribution in [2.45, 2.75) is 25.9 Å². The molecule has 0 saturated carbocycles. The molecule has 1 aromatic carbocycles. The number of hydrogen-bond donors (Lipinski definition) is 2. The average Bonchev–Trinajstić information content (AvgIpc) is 2.35. The van der Waals surface area contributed by atoms with Gasteiger partial charge in [-0.1, -0.05) is 44.2 Å². The molecule has 0 fully saturated rings. The van der Waals surface area contributed by atoms with E-state index in [9.17, 15) is 5.11 Å². The molecule has 1 unspecified atom stereocenters. The second-order valence-electron chi connectivity index (χ2n) is 4.82. The van der Waals surface area contributed by atoms with E-state index >= 15 is 0 Å². The van der Waals surface area contributed by atoms with Crippen LogP contribution in [0, 0.1) is 5.92 Å². The first-order valence-electron chi connectivity index (χ1n) is 6.14. The summed E-state index contributed by atoms with van der Waals surface area (Å²) in [5.74, 6) is 0.512. The Bertz CT molecular complexity index is 313. The highest BCUT2D eigenvalue weighted by molar-refractivity contribution is 5.22. The van der Waals surface area contributed by atoms with Gasteiger partial charge < -0.3 is 15.6 Å². The Morgan fingerprint density at radius 1 is 1.29 bits per heavy atom. The summed E-state index contributed by atoms with van der Waals surface area (Å²) < 4.78 is 5.50. The minimum atomic E-state index is -0.974. The summed E-state index contributed by atoms with van der Waals surface area (Å²) in [5, 5.41) is 10.5. The molecule has 0 saturated heterocycles. The number of ether oxygens (including phenoxy) is 1. The van der Waals surface area contributed by atoms with E-state index in [1.807, 2.05) is 30.3 Å². The quantitative estimate of drug-likeness (QED) is 0.712. The Morgan fingerprint density at radius 3 is 2.47 bits per heavy atom. The van der Waals surface area contributed by atoms with Crippen LogP contribution in [0.15, 0.2) is 30.3 Å². The third-order valence-corrected chi connectivity index (χ3v) is 2.76. The number of hydrogen-bond acceptors (Lipinski definition) is 3. The maximum absolute atomic E-state index is 10.5. The van der Waals surface area contributed by atoms with Crippen molar-refractivity contribution >= 4 is 0 Å². The Balaban J connectivity index is 2.52. The zero-order chi connectivity index (χ0) is 12.7. The number of nitrogens with two attached hydrogens (primary N) is 1. The smallest absolute Gasteiger partial charge is 0.104 e. The van der Waals surface area contributed by atoms with E-state index in [1.54, 1.807) is 0 Å². The molecule has 96 valence electrons. The molecule has 1 rings (SSSR count). The summed E-state index contributed by atoms with van der Waals surface area (Å²) in [6, 6.07) is 9.54. The molecular formula is C14H23NO2. The van der Waals surface area contributed by atoms with Crippen LogP contribution in [-0.4, -0.2) is 24.9 Å². The maximum Gasteiger partial charge on any atom is 0.104 e. The Labute approximate surface area is 104 Å². The molecule has 3 nitrogen and oxygen atoms in total. The van der Waals surface area contributed by atoms with Crippen molar-refractivity contribution in [1.82, 2.24) is 0 Å². The largest absolute Gasteiger partial charge is 0.384 e. The lowest BCUT2D eigenvalue weighted by molar-refractivity contribution is -0.00147. The Morgan fingerprint density at radius 2 is 1.94 bits per heavy atom. The molecule has 0 aliphatic carbocycles. The molecule has 0 aromatic heterocycles. The van der Waals surface area contributed by atoms with Gasteiger partial charge in [0.25, 0.3) is 0 Å². The zero-order valence-corrected chi connectivity index (χ0v) is 10.7. The summed E-state index contributed by atoms with van der Waals surface area (Å²) >= 11 is 0. The molecule has 0 amide bonds. The van der Waals surface area contributed by atoms with Gasteiger partial charge in [0.2, 0.25) is 0 Å². The van der Waals surface area contributed by atoms with Gasteiger partial charge in [0.05, 0.1) is 0 Å². The number of rotatable bonds is 7. The zero-order valence-electron chi connectivity index (χ0n) is 10.7. The molecule has 3 heteroatoms. The van der Waals surface area contributed by atoms with Gasteiger partial charge in [0.15, 0.2) is 0 Å². The minimum absolute atomic E-state index is 0.210. The molecule has 0 bridgehead atoms. The van der Waals surface area contributed by atoms with E-state index in [4.69, 9.17) is 10.5 Å². The van der Waals surface area contributed by atoms with Crippen LogP contribution in [0.3, 0.4) is 0 Å². The fraction of sp³-hybridized carbons (Fsp3) is 0.571. The number of benzene rings is 1. The van der Waals surface area contributed by atoms with E-state index in [2.05, 4.69) is 13.8 Å². The van der Waals surface area contributed by atoms with Crippen LogP contribution in [0.25, 0.3) is 0 Å². The third-order valence-electron chi connectivity index (χ3n) is 2.76. The summed E-state index contributed by atoms with van der Waals surface area (Å²) in [5.41, 5.74) is 5.56. The molecule has 0 heterocycles. The van der Waals surface area contributed by atoms with E-state index in [0.29, 0.717) is 18.9 Å². The Kier molecular flexibility index (Phi) is 5.62. The van der Waals surface area contributed by atoms with Crippen molar-refractivity contribution in [2.24, 2.45) is 11.7 Å². The first-order chi connectivity index (χ1) is 8.08. The van der Waals surface area contributed by atoms with E-state index in [0.717, 1.165) is 12.2 Å². The minimum Gasteiger partial charge on any atom is -0.384 e. The molecule has 0 aliphatic heterocycles. The van der Waals surface area contributed by atoms with Crippen molar-refractivity contribution in [3.63, 3.8) is 0 Å². The van der Waals surface area contributed by atoms with E-state index < -0.39 is 5.60 Å². The van der Waals surface area contributed by atoms with Gasteiger partial charge in [-0.3, -0.25) is 0 Å². The van der Waals surface area contributed by atoms with Gasteiger partial charge >= 0.3 is 0 Å². The van der Waals surface area contributed by atoms with Gasteiger partial charge in [-0.15, -0.1) is 0 Å². The normalized spacial score (nSPS) is 14.9. The first-order valence-corrected chi connectivity index (χ1v) is 6.14. The van der Waals surface area contributed by atoms with Crippen molar-refractivity contribution in [1.29, 1.82) is 0 Å². The van der Waals surface area contributed by atoms with Crippen LogP contribution in [0.2, 0.25) is 0 Å². The van der Waals surface area contributed by atoms with Gasteiger partial charge in [0, 0.05) is 26.2 Å². The van der Waals surface area contributed by atoms with Crippen LogP contribution in [0.4, 0.5) is 0 Å². The molecule has 0 aliphatic rings. The van der Waals surface area contributed by atoms with Crippen molar-refractivity contribution in [3.05, 3.63) is 35.9 Å². The first kappa shape index (κ1) is 14.2. The second kappa shape index (κ2) is 6.74. The second-order valence-corrected chi connectivity index (χ2v) is 4.82. The molecule has 3 N–H and O–H groups in total. The van der Waals surface area contributed by atoms with Crippen molar-refractivity contribution < 1.29 is 9.84 Å². The fourth-order valence-corrected chi connectivity index (χ4v) is 1.67. The monoisotopic (exact) mass is 237 g/mol. The molecule has 17 heavy (non-hydrogen) atoms. The van der Waals surface area contributed by atoms with Crippen molar-refractivity contribution in [3.8, 4) is 0 Å². The highest BCUT2D eigenvalue weighted by Gasteiger charge is 2.26. The van der Waals surface area contributed by atoms with E-state index in [1.165, 1.54) is 0 Å². The molecule has 1 aromatic rings. The third kappa shape index (κ3) is 4.46. The maximum atomic E-state index is 10.5. The van der Waals surface area contributed by atoms with Gasteiger partial charge in [-0.2, -0.15) is 0 Å². The molecule has 0 radical (unpaired) electrons. The van der Waals surface area contributed by atoms with Crippen LogP contribution in [-0.2, 0) is 10.3 Å². The highest BCUT2D eigenvalue weighted by atomic mass is 16.5. The topological polar surface area (TPSA) is 55.5 Å². The Hall–Kier alpha value is -0.900. The van der Waals surface area contributed by atoms with Gasteiger partial charge in [-0.25, -0.2) is 0 Å². The average molecular weight is 237 g/mol. The summed E-state index contributed by atoms with van der Waals surface area (Å²) in [7, 11) is 0. The van der Waals surface area contributed by atoms with Crippen LogP contribution in [0.1, 0.15) is 25.8 Å². The summed E-state index contributed by atoms with van der Waals surface area (Å²) in [6.07, 6.45) is 0.528. The predicted molar refractivity (Wildman–Crippen MR) is 69.7 cm³/mol. The molecule has 1 atom stereocenters. The fourth-order valence-electron chi connectivity index (χ4n) is 1.67. The van der Waals surface area contributed by atoms with E-state index in [-0.39, 0.29) is 6.54 Å². The molecule has 0 spiro atoms. The molecular weight excluding hydrogens is 214 g/mol. The van der Waals surface area contributed by atoms with Crippen LogP contribution < -0.4 is 5.73 Å². The standard InChI is InChI=1S/C14H23NO2/c1-12(2)10-17-9-8-14(16,11-15)13-6-4-3-5-7-13/h3-7,12,16H,8-11,15H2,1-2H3. The lowest BCUT2D eigenvalue weighted by Gasteiger charge is -2.27. The lowest BCUT2D eigenvalue weighted by atomic mass is 9.91. The summed E-state index contributed by atoms with van der Waals surface area (Å²) in [6.45, 7) is 5.66. The van der Waals surface area contributed by atoms with Crippen LogP contribution in [0.5, 0.6) is 0 Å². The van der Waals surface area contributed by atoms with Gasteiger partial charge in [0.1, 0.15) is 5.60 Å².